The van der Waals surface area contributed by atoms with Crippen LogP contribution in [0.3, 0.4) is 0 Å². The SMILES string of the molecule is C=C1CC(C)(C)n2c(nc3sc4c(c3c2=O)CCN(C)C4)C2CCCN12. The standard InChI is InChI=1S/C20H26N4OS/c1-12-10-20(2,3)24-17(14-6-5-8-23(12)14)21-18-16(19(24)25)13-7-9-22(4)11-15(13)26-18/h14H,1,5-11H2,2-4H3. The minimum absolute atomic E-state index is 0.165. The van der Waals surface area contributed by atoms with E-state index in [0.717, 1.165) is 67.1 Å². The van der Waals surface area contributed by atoms with Gasteiger partial charge in [-0.1, -0.05) is 6.58 Å². The average molecular weight is 371 g/mol. The molecule has 0 radical (unpaired) electrons. The number of fused-ring (bicyclic) bond motifs is 6. The first-order chi connectivity index (χ1) is 12.4. The van der Waals surface area contributed by atoms with E-state index in [0.29, 0.717) is 0 Å². The molecule has 0 saturated carbocycles. The maximum absolute atomic E-state index is 13.7. The molecule has 138 valence electrons. The molecule has 0 N–H and O–H groups in total. The molecule has 5 rings (SSSR count). The number of hydrogen-bond acceptors (Lipinski definition) is 5. The van der Waals surface area contributed by atoms with Crippen LogP contribution in [-0.2, 0) is 18.5 Å². The van der Waals surface area contributed by atoms with E-state index >= 15 is 0 Å². The lowest BCUT2D eigenvalue weighted by molar-refractivity contribution is 0.310. The summed E-state index contributed by atoms with van der Waals surface area (Å²) < 4.78 is 2.02. The second kappa shape index (κ2) is 5.42. The summed E-state index contributed by atoms with van der Waals surface area (Å²) in [6.45, 7) is 11.6. The molecule has 0 bridgehead atoms. The maximum Gasteiger partial charge on any atom is 0.263 e. The third-order valence-corrected chi connectivity index (χ3v) is 7.40. The maximum atomic E-state index is 13.7. The second-order valence-corrected chi connectivity index (χ2v) is 9.77. The largest absolute Gasteiger partial charge is 0.365 e. The number of aromatic nitrogens is 2. The molecule has 2 aromatic rings. The summed E-state index contributed by atoms with van der Waals surface area (Å²) in [4.78, 5) is 25.8. The van der Waals surface area contributed by atoms with Crippen molar-refractivity contribution in [1.29, 1.82) is 0 Å². The van der Waals surface area contributed by atoms with E-state index in [-0.39, 0.29) is 17.1 Å². The first-order valence-corrected chi connectivity index (χ1v) is 10.4. The Hall–Kier alpha value is -1.66. The molecule has 0 amide bonds. The van der Waals surface area contributed by atoms with E-state index in [1.165, 1.54) is 10.4 Å². The fraction of sp³-hybridized carbons (Fsp3) is 0.600. The lowest BCUT2D eigenvalue weighted by atomic mass is 9.97. The smallest absolute Gasteiger partial charge is 0.263 e. The highest BCUT2D eigenvalue weighted by Crippen LogP contribution is 2.43. The van der Waals surface area contributed by atoms with Gasteiger partial charge in [-0.05, 0) is 45.7 Å². The first-order valence-electron chi connectivity index (χ1n) is 9.57. The molecule has 0 aliphatic carbocycles. The van der Waals surface area contributed by atoms with Gasteiger partial charge in [0.2, 0.25) is 0 Å². The summed E-state index contributed by atoms with van der Waals surface area (Å²) in [5, 5.41) is 0.881. The zero-order chi connectivity index (χ0) is 18.2. The Morgan fingerprint density at radius 1 is 1.31 bits per heavy atom. The number of allylic oxidation sites excluding steroid dienone is 1. The van der Waals surface area contributed by atoms with Crippen LogP contribution in [0.4, 0.5) is 0 Å². The van der Waals surface area contributed by atoms with Gasteiger partial charge in [-0.3, -0.25) is 9.36 Å². The van der Waals surface area contributed by atoms with Crippen molar-refractivity contribution >= 4 is 21.6 Å². The van der Waals surface area contributed by atoms with Crippen molar-refractivity contribution in [2.75, 3.05) is 20.1 Å². The zero-order valence-electron chi connectivity index (χ0n) is 15.8. The van der Waals surface area contributed by atoms with Crippen LogP contribution >= 0.6 is 11.3 Å². The molecule has 1 saturated heterocycles. The molecule has 2 aromatic heterocycles. The Balaban J connectivity index is 1.82. The monoisotopic (exact) mass is 370 g/mol. The van der Waals surface area contributed by atoms with E-state index in [4.69, 9.17) is 4.98 Å². The summed E-state index contributed by atoms with van der Waals surface area (Å²) in [6, 6.07) is 0.197. The number of thiophene rings is 1. The highest BCUT2D eigenvalue weighted by molar-refractivity contribution is 7.18. The molecule has 6 heteroatoms. The Morgan fingerprint density at radius 3 is 2.92 bits per heavy atom. The van der Waals surface area contributed by atoms with Crippen LogP contribution in [0.2, 0.25) is 0 Å². The van der Waals surface area contributed by atoms with Gasteiger partial charge in [0.1, 0.15) is 10.7 Å². The minimum atomic E-state index is -0.296. The summed E-state index contributed by atoms with van der Waals surface area (Å²) in [5.74, 6) is 0.954. The molecule has 0 aromatic carbocycles. The van der Waals surface area contributed by atoms with Gasteiger partial charge in [0, 0.05) is 42.2 Å². The van der Waals surface area contributed by atoms with E-state index in [9.17, 15) is 4.79 Å². The van der Waals surface area contributed by atoms with Gasteiger partial charge in [-0.25, -0.2) is 4.98 Å². The molecule has 1 fully saturated rings. The van der Waals surface area contributed by atoms with Gasteiger partial charge in [0.05, 0.1) is 11.4 Å². The van der Waals surface area contributed by atoms with Crippen molar-refractivity contribution in [1.82, 2.24) is 19.4 Å². The topological polar surface area (TPSA) is 41.4 Å². The fourth-order valence-electron chi connectivity index (χ4n) is 5.09. The van der Waals surface area contributed by atoms with Gasteiger partial charge in [-0.2, -0.15) is 0 Å². The Bertz CT molecular complexity index is 986. The van der Waals surface area contributed by atoms with Crippen molar-refractivity contribution in [2.24, 2.45) is 0 Å². The van der Waals surface area contributed by atoms with Crippen molar-refractivity contribution in [3.63, 3.8) is 0 Å². The third-order valence-electron chi connectivity index (χ3n) is 6.29. The molecule has 3 aliphatic heterocycles. The molecule has 5 nitrogen and oxygen atoms in total. The highest BCUT2D eigenvalue weighted by Gasteiger charge is 2.40. The predicted molar refractivity (Wildman–Crippen MR) is 106 cm³/mol. The Kier molecular flexibility index (Phi) is 3.44. The molecular weight excluding hydrogens is 344 g/mol. The second-order valence-electron chi connectivity index (χ2n) is 8.69. The van der Waals surface area contributed by atoms with E-state index in [1.807, 2.05) is 4.57 Å². The van der Waals surface area contributed by atoms with Gasteiger partial charge < -0.3 is 9.80 Å². The first kappa shape index (κ1) is 16.5. The molecule has 1 unspecified atom stereocenters. The zero-order valence-corrected chi connectivity index (χ0v) is 16.7. The molecule has 5 heterocycles. The molecule has 3 aliphatic rings. The van der Waals surface area contributed by atoms with Crippen LogP contribution in [0.5, 0.6) is 0 Å². The fourth-order valence-corrected chi connectivity index (χ4v) is 6.39. The van der Waals surface area contributed by atoms with Gasteiger partial charge in [-0.15, -0.1) is 11.3 Å². The summed E-state index contributed by atoms with van der Waals surface area (Å²) in [6.07, 6.45) is 3.95. The molecule has 1 atom stereocenters. The van der Waals surface area contributed by atoms with Gasteiger partial charge in [0.15, 0.2) is 0 Å². The lowest BCUT2D eigenvalue weighted by Crippen LogP contribution is -2.39. The van der Waals surface area contributed by atoms with E-state index in [1.54, 1.807) is 11.3 Å². The quantitative estimate of drug-likeness (QED) is 0.714. The van der Waals surface area contributed by atoms with Crippen molar-refractivity contribution in [3.8, 4) is 0 Å². The van der Waals surface area contributed by atoms with E-state index < -0.39 is 0 Å². The van der Waals surface area contributed by atoms with Crippen LogP contribution in [0.15, 0.2) is 17.1 Å². The summed E-state index contributed by atoms with van der Waals surface area (Å²) in [7, 11) is 2.15. The summed E-state index contributed by atoms with van der Waals surface area (Å²) >= 11 is 1.73. The number of likely N-dealkylation sites (N-methyl/N-ethyl adjacent to an activating group) is 1. The predicted octanol–water partition coefficient (Wildman–Crippen LogP) is 3.24. The average Bonchev–Trinajstić information content (AvgIpc) is 3.15. The number of nitrogens with zero attached hydrogens (tertiary/aromatic N) is 4. The molecule has 0 spiro atoms. The van der Waals surface area contributed by atoms with Gasteiger partial charge >= 0.3 is 0 Å². The number of rotatable bonds is 0. The van der Waals surface area contributed by atoms with Crippen LogP contribution < -0.4 is 5.56 Å². The lowest BCUT2D eigenvalue weighted by Gasteiger charge is -2.28. The Labute approximate surface area is 157 Å². The number of hydrogen-bond donors (Lipinski definition) is 0. The third kappa shape index (κ3) is 2.18. The van der Waals surface area contributed by atoms with Crippen LogP contribution in [0.25, 0.3) is 10.2 Å². The minimum Gasteiger partial charge on any atom is -0.365 e. The van der Waals surface area contributed by atoms with Crippen LogP contribution in [-0.4, -0.2) is 39.5 Å². The van der Waals surface area contributed by atoms with Crippen molar-refractivity contribution < 1.29 is 0 Å². The summed E-state index contributed by atoms with van der Waals surface area (Å²) in [5.41, 5.74) is 2.26. The van der Waals surface area contributed by atoms with Gasteiger partial charge in [0.25, 0.3) is 5.56 Å². The van der Waals surface area contributed by atoms with Crippen LogP contribution in [0.1, 0.15) is 55.4 Å². The molecule has 26 heavy (non-hydrogen) atoms. The van der Waals surface area contributed by atoms with Crippen molar-refractivity contribution in [2.45, 2.75) is 57.7 Å². The van der Waals surface area contributed by atoms with Crippen molar-refractivity contribution in [3.05, 3.63) is 38.9 Å². The van der Waals surface area contributed by atoms with Crippen LogP contribution in [0, 0.1) is 0 Å². The Morgan fingerprint density at radius 2 is 2.12 bits per heavy atom. The van der Waals surface area contributed by atoms with E-state index in [2.05, 4.69) is 37.3 Å². The molecular formula is C20H26N4OS. The normalized spacial score (nSPS) is 25.1. The highest BCUT2D eigenvalue weighted by atomic mass is 32.1.